The molecule has 0 fully saturated rings. The van der Waals surface area contributed by atoms with E-state index in [1.807, 2.05) is 24.4 Å². The van der Waals surface area contributed by atoms with Gasteiger partial charge < -0.3 is 13.9 Å². The molecule has 0 amide bonds. The first kappa shape index (κ1) is 60.4. The summed E-state index contributed by atoms with van der Waals surface area (Å²) in [4.78, 5) is 5.01. The van der Waals surface area contributed by atoms with Gasteiger partial charge in [-0.3, -0.25) is 4.57 Å². The van der Waals surface area contributed by atoms with Crippen LogP contribution in [0.2, 0.25) is 0 Å². The maximum absolute atomic E-state index is 6.94. The maximum atomic E-state index is 6.94. The molecule has 0 spiro atoms. The quantitative estimate of drug-likeness (QED) is 0.112. The van der Waals surface area contributed by atoms with Crippen LogP contribution in [0.15, 0.2) is 322 Å². The second-order valence-electron chi connectivity index (χ2n) is 26.9. The fraction of sp³-hybridized carbons (Fsp3) is 0.0426. The predicted octanol–water partition coefficient (Wildman–Crippen LogP) is 23.9. The number of para-hydroxylation sites is 3. The monoisotopic (exact) mass is 1460 g/mol. The number of pyridine rings is 1. The Morgan fingerprint density at radius 2 is 0.790 bits per heavy atom. The number of hydrogen-bond donors (Lipinski definition) is 0. The van der Waals surface area contributed by atoms with Crippen molar-refractivity contribution in [2.75, 3.05) is 0 Å². The van der Waals surface area contributed by atoms with Gasteiger partial charge in [-0.25, -0.2) is 4.98 Å². The van der Waals surface area contributed by atoms with E-state index >= 15 is 0 Å². The molecule has 3 aromatic heterocycles. The number of ether oxygens (including phenoxy) is 1. The molecule has 5 nitrogen and oxygen atoms in total. The van der Waals surface area contributed by atoms with E-state index in [1.54, 1.807) is 0 Å². The molecule has 0 atom stereocenters. The van der Waals surface area contributed by atoms with Crippen LogP contribution in [0.1, 0.15) is 26.3 Å². The molecule has 17 aromatic rings. The van der Waals surface area contributed by atoms with Crippen molar-refractivity contribution in [1.82, 2.24) is 14.1 Å². The number of hydrogen-bond acceptors (Lipinski definition) is 2. The van der Waals surface area contributed by atoms with Crippen molar-refractivity contribution in [2.45, 2.75) is 26.2 Å². The maximum Gasteiger partial charge on any atom is 0.268 e. The molecule has 19 rings (SSSR count). The second kappa shape index (κ2) is 24.2. The molecule has 0 aliphatic heterocycles. The van der Waals surface area contributed by atoms with Crippen LogP contribution < -0.4 is 9.30 Å². The van der Waals surface area contributed by atoms with Gasteiger partial charge in [-0.15, -0.1) is 29.7 Å². The number of benzene rings is 14. The average molecular weight is 1460 g/mol. The summed E-state index contributed by atoms with van der Waals surface area (Å²) < 4.78 is 13.6. The van der Waals surface area contributed by atoms with Crippen molar-refractivity contribution in [1.29, 1.82) is 0 Å². The van der Waals surface area contributed by atoms with Crippen molar-refractivity contribution in [3.8, 4) is 151 Å². The van der Waals surface area contributed by atoms with Crippen LogP contribution in [0.25, 0.3) is 172 Å². The van der Waals surface area contributed by atoms with Crippen LogP contribution in [-0.2, 0) is 26.5 Å². The fourth-order valence-electron chi connectivity index (χ4n) is 15.5. The smallest absolute Gasteiger partial charge is 0.268 e. The molecule has 2 aliphatic rings. The van der Waals surface area contributed by atoms with Gasteiger partial charge in [0.25, 0.3) is 6.33 Å². The molecule has 476 valence electrons. The molecule has 3 heterocycles. The molecule has 0 bridgehead atoms. The van der Waals surface area contributed by atoms with Crippen molar-refractivity contribution in [2.24, 2.45) is 0 Å². The summed E-state index contributed by atoms with van der Waals surface area (Å²) in [6.07, 6.45) is 5.91. The molecule has 2 aliphatic carbocycles. The molecule has 0 saturated heterocycles. The molecule has 100 heavy (non-hydrogen) atoms. The van der Waals surface area contributed by atoms with Crippen molar-refractivity contribution in [3.05, 3.63) is 346 Å². The molecule has 0 saturated carbocycles. The van der Waals surface area contributed by atoms with E-state index in [0.717, 1.165) is 83.4 Å². The number of fused-ring (bicyclic) bond motifs is 20. The van der Waals surface area contributed by atoms with Gasteiger partial charge >= 0.3 is 0 Å². The summed E-state index contributed by atoms with van der Waals surface area (Å²) in [5.41, 5.74) is 32.5. The van der Waals surface area contributed by atoms with E-state index in [1.165, 1.54) is 94.6 Å². The largest absolute Gasteiger partial charge is 0.510 e. The molecule has 0 radical (unpaired) electrons. The van der Waals surface area contributed by atoms with Gasteiger partial charge in [0.05, 0.1) is 16.7 Å². The Labute approximate surface area is 596 Å². The van der Waals surface area contributed by atoms with E-state index in [2.05, 4.69) is 350 Å². The number of nitrogens with zero attached hydrogens (tertiary/aromatic N) is 4. The minimum absolute atomic E-state index is 0. The number of aromatic nitrogens is 4. The minimum Gasteiger partial charge on any atom is -0.510 e. The van der Waals surface area contributed by atoms with Crippen LogP contribution in [0.4, 0.5) is 0 Å². The van der Waals surface area contributed by atoms with Crippen molar-refractivity contribution in [3.63, 3.8) is 0 Å². The first-order valence-corrected chi connectivity index (χ1v) is 33.9. The molecule has 14 aromatic carbocycles. The molecule has 0 unspecified atom stereocenters. The van der Waals surface area contributed by atoms with E-state index in [4.69, 9.17) is 9.72 Å². The van der Waals surface area contributed by atoms with Crippen LogP contribution in [0.3, 0.4) is 0 Å². The van der Waals surface area contributed by atoms with Crippen molar-refractivity contribution < 1.29 is 30.4 Å². The number of imidazole rings is 1. The first-order chi connectivity index (χ1) is 48.7. The Bertz CT molecular complexity index is 5930. The van der Waals surface area contributed by atoms with Crippen LogP contribution in [0.5, 0.6) is 11.5 Å². The van der Waals surface area contributed by atoms with Gasteiger partial charge in [-0.05, 0) is 175 Å². The van der Waals surface area contributed by atoms with E-state index in [-0.39, 0.29) is 26.5 Å². The van der Waals surface area contributed by atoms with Crippen LogP contribution in [-0.4, -0.2) is 14.1 Å². The van der Waals surface area contributed by atoms with Crippen LogP contribution >= 0.6 is 0 Å². The summed E-state index contributed by atoms with van der Waals surface area (Å²) in [5, 5.41) is 2.16. The van der Waals surface area contributed by atoms with Gasteiger partial charge in [0.2, 0.25) is 0 Å². The normalized spacial score (nSPS) is 11.9. The van der Waals surface area contributed by atoms with Crippen molar-refractivity contribution >= 4 is 32.8 Å². The third-order valence-corrected chi connectivity index (χ3v) is 20.2. The molecule has 6 heteroatoms. The average Bonchev–Trinajstić information content (AvgIpc) is 1.19. The Morgan fingerprint density at radius 1 is 0.340 bits per heavy atom. The third-order valence-electron chi connectivity index (χ3n) is 20.2. The molecule has 0 N–H and O–H groups in total. The first-order valence-electron chi connectivity index (χ1n) is 33.9. The Hall–Kier alpha value is -12.0. The minimum atomic E-state index is -0.0868. The van der Waals surface area contributed by atoms with E-state index in [0.29, 0.717) is 11.5 Å². The Kier molecular flexibility index (Phi) is 14.6. The summed E-state index contributed by atoms with van der Waals surface area (Å²) in [5.74, 6) is 1.92. The standard InChI is InChI=1S/C94H62N4O.Pt/c1-94(2,3)64-51-52-95-92(56-64)98-88-50-45-61(60-23-5-4-6-24-60)53-87(88)84-49-46-67(58-91(84)98)99-66-26-21-25-65(57-66)96-59-97(90-42-20-19-41-89(90)96)93-68(62-43-47-82-78-35-13-11-31-74(78)70-27-7-9-29-72(70)76-33-15-17-37-80(76)85(82)54-62)39-22-40-69(93)63-44-48-83-79-36-14-12-32-75(79)71-28-8-10-30-73(71)77-34-16-18-38-81(77)86(83)55-63;/h4-56H,1-3H3;/q-2;. The predicted molar refractivity (Wildman–Crippen MR) is 406 cm³/mol. The molecular formula is C94H62N4OPt-2. The van der Waals surface area contributed by atoms with Crippen LogP contribution in [0, 0.1) is 18.5 Å². The summed E-state index contributed by atoms with van der Waals surface area (Å²) in [6.45, 7) is 6.72. The summed E-state index contributed by atoms with van der Waals surface area (Å²) in [6, 6.07) is 122. The Balaban J connectivity index is 0.00000720. The fourth-order valence-corrected chi connectivity index (χ4v) is 15.5. The SMILES string of the molecule is CC(C)(C)c1ccnc(-n2c3[c-]c(Oc4[c-]c(-n5[c-][n+](-c6c(-c7ccc8c(c7)-c7ccccc7-c7ccccc7-c7ccccc7-8)cccc6-c6ccc7c(c6)-c6ccccc6-c6ccccc6-c6ccccc6-7)c6ccccc65)ccc4)ccc3c3cc(-c4ccccc4)ccc32)c1.[Pt]. The van der Waals surface area contributed by atoms with E-state index in [9.17, 15) is 0 Å². The topological polar surface area (TPSA) is 35.9 Å². The van der Waals surface area contributed by atoms with Gasteiger partial charge in [0.15, 0.2) is 0 Å². The Morgan fingerprint density at radius 3 is 1.32 bits per heavy atom. The zero-order valence-corrected chi connectivity index (χ0v) is 57.4. The van der Waals surface area contributed by atoms with Gasteiger partial charge in [-0.1, -0.05) is 281 Å². The molecular weight excluding hydrogens is 1400 g/mol. The summed E-state index contributed by atoms with van der Waals surface area (Å²) >= 11 is 0. The van der Waals surface area contributed by atoms with Gasteiger partial charge in [0, 0.05) is 44.3 Å². The van der Waals surface area contributed by atoms with Gasteiger partial charge in [0.1, 0.15) is 5.82 Å². The summed E-state index contributed by atoms with van der Waals surface area (Å²) in [7, 11) is 0. The van der Waals surface area contributed by atoms with Gasteiger partial charge in [-0.2, -0.15) is 18.2 Å². The van der Waals surface area contributed by atoms with E-state index < -0.39 is 0 Å². The zero-order chi connectivity index (χ0) is 65.9. The zero-order valence-electron chi connectivity index (χ0n) is 55.1. The second-order valence-corrected chi connectivity index (χ2v) is 26.9. The number of rotatable bonds is 8. The third kappa shape index (κ3) is 10.0.